The monoisotopic (exact) mass is 290 g/mol. The van der Waals surface area contributed by atoms with Gasteiger partial charge in [0.15, 0.2) is 0 Å². The number of fused-ring (bicyclic) bond motifs is 1. The van der Waals surface area contributed by atoms with Gasteiger partial charge >= 0.3 is 11.9 Å². The number of hydrogen-bond acceptors (Lipinski definition) is 4. The highest BCUT2D eigenvalue weighted by Gasteiger charge is 2.68. The van der Waals surface area contributed by atoms with E-state index in [9.17, 15) is 14.7 Å². The van der Waals surface area contributed by atoms with Crippen LogP contribution in [0.2, 0.25) is 0 Å². The largest absolute Gasteiger partial charge is 0.481 e. The fourth-order valence-corrected chi connectivity index (χ4v) is 5.62. The maximum Gasteiger partial charge on any atom is 0.310 e. The molecule has 2 bridgehead atoms. The number of carboxylic acid groups (broad SMARTS) is 1. The Hall–Kier alpha value is -1.49. The second-order valence-electron chi connectivity index (χ2n) is 5.75. The lowest BCUT2D eigenvalue weighted by Gasteiger charge is -2.29. The topological polar surface area (TPSA) is 63.6 Å². The Balaban J connectivity index is 1.66. The summed E-state index contributed by atoms with van der Waals surface area (Å²) >= 11 is 1.66. The van der Waals surface area contributed by atoms with Gasteiger partial charge in [0.25, 0.3) is 0 Å². The molecule has 1 heterocycles. The molecule has 0 spiro atoms. The van der Waals surface area contributed by atoms with Crippen LogP contribution in [-0.2, 0) is 14.3 Å². The zero-order chi connectivity index (χ0) is 13.9. The molecule has 2 saturated carbocycles. The average Bonchev–Trinajstić information content (AvgIpc) is 3.03. The van der Waals surface area contributed by atoms with Crippen molar-refractivity contribution in [3.05, 3.63) is 30.3 Å². The SMILES string of the molecule is O=C(O)[C@@H]1[C@@H]2C[C@H]3[C@@H](OC(=O)[C@@H]31)[C@H]2Sc1ccccc1. The molecule has 2 aliphatic carbocycles. The van der Waals surface area contributed by atoms with E-state index < -0.39 is 17.8 Å². The van der Waals surface area contributed by atoms with Crippen LogP contribution in [0.1, 0.15) is 6.42 Å². The molecular weight excluding hydrogens is 276 g/mol. The van der Waals surface area contributed by atoms with Crippen LogP contribution >= 0.6 is 11.8 Å². The zero-order valence-electron chi connectivity index (χ0n) is 10.6. The van der Waals surface area contributed by atoms with E-state index >= 15 is 0 Å². The lowest BCUT2D eigenvalue weighted by atomic mass is 9.80. The standard InChI is InChI=1S/C15H14O4S/c16-14(17)10-9-6-8-11(10)15(18)19-12(8)13(9)20-7-4-2-1-3-5-7/h1-5,8-13H,6H2,(H,16,17)/t8-,9+,10-,11+,12-,13+/m1/s1. The molecule has 4 rings (SSSR count). The van der Waals surface area contributed by atoms with Gasteiger partial charge in [-0.1, -0.05) is 18.2 Å². The molecule has 6 atom stereocenters. The van der Waals surface area contributed by atoms with E-state index in [1.165, 1.54) is 0 Å². The summed E-state index contributed by atoms with van der Waals surface area (Å²) in [6, 6.07) is 9.92. The number of benzene rings is 1. The molecule has 0 unspecified atom stereocenters. The van der Waals surface area contributed by atoms with E-state index in [1.807, 2.05) is 30.3 Å². The fourth-order valence-electron chi connectivity index (χ4n) is 4.14. The number of aliphatic carboxylic acids is 1. The minimum atomic E-state index is -0.849. The lowest BCUT2D eigenvalue weighted by Crippen LogP contribution is -2.39. The first-order chi connectivity index (χ1) is 9.66. The van der Waals surface area contributed by atoms with Gasteiger partial charge in [-0.05, 0) is 24.5 Å². The summed E-state index contributed by atoms with van der Waals surface area (Å²) < 4.78 is 5.48. The Morgan fingerprint density at radius 2 is 2.00 bits per heavy atom. The Labute approximate surface area is 120 Å². The molecule has 1 aliphatic heterocycles. The smallest absolute Gasteiger partial charge is 0.310 e. The normalized spacial score (nSPS) is 40.9. The summed E-state index contributed by atoms with van der Waals surface area (Å²) in [5, 5.41) is 9.52. The van der Waals surface area contributed by atoms with Gasteiger partial charge < -0.3 is 9.84 Å². The average molecular weight is 290 g/mol. The first kappa shape index (κ1) is 12.3. The highest BCUT2D eigenvalue weighted by molar-refractivity contribution is 8.00. The predicted octanol–water partition coefficient (Wildman–Crippen LogP) is 2.04. The molecule has 20 heavy (non-hydrogen) atoms. The number of carboxylic acids is 1. The van der Waals surface area contributed by atoms with E-state index in [2.05, 4.69) is 0 Å². The maximum absolute atomic E-state index is 11.9. The second-order valence-corrected chi connectivity index (χ2v) is 7.00. The van der Waals surface area contributed by atoms with Crippen LogP contribution in [0, 0.1) is 23.7 Å². The van der Waals surface area contributed by atoms with Gasteiger partial charge in [-0.3, -0.25) is 9.59 Å². The third-order valence-corrected chi connectivity index (χ3v) is 6.28. The molecule has 0 radical (unpaired) electrons. The minimum Gasteiger partial charge on any atom is -0.481 e. The molecule has 1 saturated heterocycles. The summed E-state index contributed by atoms with van der Waals surface area (Å²) in [5.74, 6) is -1.97. The molecule has 0 aromatic heterocycles. The van der Waals surface area contributed by atoms with Crippen molar-refractivity contribution < 1.29 is 19.4 Å². The molecule has 1 N–H and O–H groups in total. The number of carbonyl (C=O) groups excluding carboxylic acids is 1. The number of rotatable bonds is 3. The minimum absolute atomic E-state index is 0.0455. The number of carbonyl (C=O) groups is 2. The lowest BCUT2D eigenvalue weighted by molar-refractivity contribution is -0.151. The van der Waals surface area contributed by atoms with E-state index in [0.29, 0.717) is 0 Å². The van der Waals surface area contributed by atoms with Crippen LogP contribution in [0.3, 0.4) is 0 Å². The zero-order valence-corrected chi connectivity index (χ0v) is 11.5. The summed E-state index contributed by atoms with van der Waals surface area (Å²) in [6.07, 6.45) is 0.709. The van der Waals surface area contributed by atoms with Gasteiger partial charge in [-0.2, -0.15) is 0 Å². The molecule has 3 fully saturated rings. The number of thioether (sulfide) groups is 1. The molecule has 0 amide bonds. The van der Waals surface area contributed by atoms with Gasteiger partial charge in [0.05, 0.1) is 17.1 Å². The first-order valence-electron chi connectivity index (χ1n) is 6.82. The highest BCUT2D eigenvalue weighted by Crippen LogP contribution is 2.61. The maximum atomic E-state index is 11.9. The van der Waals surface area contributed by atoms with Crippen molar-refractivity contribution in [1.29, 1.82) is 0 Å². The first-order valence-corrected chi connectivity index (χ1v) is 7.70. The predicted molar refractivity (Wildman–Crippen MR) is 72.2 cm³/mol. The Kier molecular flexibility index (Phi) is 2.61. The third-order valence-electron chi connectivity index (χ3n) is 4.85. The van der Waals surface area contributed by atoms with Crippen LogP contribution in [0.15, 0.2) is 35.2 Å². The molecule has 3 aliphatic rings. The van der Waals surface area contributed by atoms with E-state index in [1.54, 1.807) is 11.8 Å². The van der Waals surface area contributed by atoms with E-state index in [-0.39, 0.29) is 29.2 Å². The van der Waals surface area contributed by atoms with Gasteiger partial charge in [-0.15, -0.1) is 11.8 Å². The Morgan fingerprint density at radius 1 is 1.25 bits per heavy atom. The molecule has 104 valence electrons. The second kappa shape index (κ2) is 4.25. The molecule has 4 nitrogen and oxygen atoms in total. The number of hydrogen-bond donors (Lipinski definition) is 1. The van der Waals surface area contributed by atoms with Crippen LogP contribution < -0.4 is 0 Å². The molecule has 1 aromatic rings. The van der Waals surface area contributed by atoms with Crippen LogP contribution in [-0.4, -0.2) is 28.4 Å². The van der Waals surface area contributed by atoms with Crippen molar-refractivity contribution >= 4 is 23.7 Å². The molecule has 5 heteroatoms. The van der Waals surface area contributed by atoms with Crippen LogP contribution in [0.4, 0.5) is 0 Å². The van der Waals surface area contributed by atoms with Crippen molar-refractivity contribution in [3.8, 4) is 0 Å². The number of ether oxygens (including phenoxy) is 1. The summed E-state index contributed by atoms with van der Waals surface area (Å²) in [5.41, 5.74) is 0. The van der Waals surface area contributed by atoms with Crippen molar-refractivity contribution in [2.45, 2.75) is 22.7 Å². The Bertz CT molecular complexity index is 572. The van der Waals surface area contributed by atoms with Gasteiger partial charge in [-0.25, -0.2) is 0 Å². The molecular formula is C15H14O4S. The van der Waals surface area contributed by atoms with Crippen molar-refractivity contribution in [2.24, 2.45) is 23.7 Å². The van der Waals surface area contributed by atoms with E-state index in [4.69, 9.17) is 4.74 Å². The summed E-state index contributed by atoms with van der Waals surface area (Å²) in [4.78, 5) is 24.5. The van der Waals surface area contributed by atoms with Gasteiger partial charge in [0.1, 0.15) is 6.10 Å². The summed E-state index contributed by atoms with van der Waals surface area (Å²) in [6.45, 7) is 0. The quantitative estimate of drug-likeness (QED) is 0.863. The third kappa shape index (κ3) is 1.56. The van der Waals surface area contributed by atoms with Gasteiger partial charge in [0.2, 0.25) is 0 Å². The van der Waals surface area contributed by atoms with Gasteiger partial charge in [0, 0.05) is 10.8 Å². The molecule has 1 aromatic carbocycles. The van der Waals surface area contributed by atoms with Crippen molar-refractivity contribution in [2.75, 3.05) is 0 Å². The summed E-state index contributed by atoms with van der Waals surface area (Å²) in [7, 11) is 0. The van der Waals surface area contributed by atoms with Crippen LogP contribution in [0.5, 0.6) is 0 Å². The number of esters is 1. The highest BCUT2D eigenvalue weighted by atomic mass is 32.2. The van der Waals surface area contributed by atoms with Crippen molar-refractivity contribution in [1.82, 2.24) is 0 Å². The Morgan fingerprint density at radius 3 is 2.70 bits per heavy atom. The fraction of sp³-hybridized carbons (Fsp3) is 0.467. The van der Waals surface area contributed by atoms with Crippen molar-refractivity contribution in [3.63, 3.8) is 0 Å². The van der Waals surface area contributed by atoms with E-state index in [0.717, 1.165) is 11.3 Å². The van der Waals surface area contributed by atoms with Crippen LogP contribution in [0.25, 0.3) is 0 Å².